The second kappa shape index (κ2) is 12.3. The average molecular weight is 571 g/mol. The van der Waals surface area contributed by atoms with Crippen molar-refractivity contribution in [3.8, 4) is 0 Å². The van der Waals surface area contributed by atoms with E-state index in [1.807, 2.05) is 82.0 Å². The summed E-state index contributed by atoms with van der Waals surface area (Å²) in [6.45, 7) is 13.8. The molecule has 40 heavy (non-hydrogen) atoms. The molecule has 3 heterocycles. The molecule has 0 bridgehead atoms. The lowest BCUT2D eigenvalue weighted by molar-refractivity contribution is -0.0985. The molecule has 3 saturated heterocycles. The highest BCUT2D eigenvalue weighted by molar-refractivity contribution is 6.21. The number of rotatable bonds is 6. The van der Waals surface area contributed by atoms with Crippen molar-refractivity contribution in [3.63, 3.8) is 0 Å². The first kappa shape index (κ1) is 30.0. The van der Waals surface area contributed by atoms with Crippen LogP contribution in [0.3, 0.4) is 0 Å². The van der Waals surface area contributed by atoms with E-state index in [0.29, 0.717) is 30.9 Å². The van der Waals surface area contributed by atoms with Crippen LogP contribution in [-0.4, -0.2) is 84.8 Å². The molecule has 1 aromatic carbocycles. The van der Waals surface area contributed by atoms with Gasteiger partial charge in [0.05, 0.1) is 30.5 Å². The predicted octanol–water partition coefficient (Wildman–Crippen LogP) is 5.24. The standard InChI is InChI=1S/C31H43ClN4O4/c1-22(9-7-6-8-10-23(2)32)27-18-34(29(38)40-30(3,4)5)15-16-36(27)28(37)25-12-11-24(33)17-26(25)35-14-13-31(19-35)20-39-21-31/h6-12,17,23,27H,13-16,18-21,33H2,1-5H3/b7-6-,10-8-,22-9+. The van der Waals surface area contributed by atoms with E-state index in [-0.39, 0.29) is 28.8 Å². The van der Waals surface area contributed by atoms with Gasteiger partial charge < -0.3 is 29.9 Å². The first-order valence-corrected chi connectivity index (χ1v) is 14.5. The Bertz CT molecular complexity index is 1180. The van der Waals surface area contributed by atoms with Crippen molar-refractivity contribution < 1.29 is 19.1 Å². The van der Waals surface area contributed by atoms with Crippen LogP contribution in [0.1, 0.15) is 51.4 Å². The summed E-state index contributed by atoms with van der Waals surface area (Å²) in [6.07, 6.45) is 10.3. The number of halogens is 1. The van der Waals surface area contributed by atoms with E-state index in [1.165, 1.54) is 0 Å². The summed E-state index contributed by atoms with van der Waals surface area (Å²) in [5, 5.41) is -0.0556. The van der Waals surface area contributed by atoms with E-state index < -0.39 is 5.60 Å². The number of piperazine rings is 1. The number of carbonyl (C=O) groups is 2. The lowest BCUT2D eigenvalue weighted by Crippen LogP contribution is -2.57. The molecule has 9 heteroatoms. The van der Waals surface area contributed by atoms with Crippen LogP contribution in [0.4, 0.5) is 16.2 Å². The monoisotopic (exact) mass is 570 g/mol. The molecular formula is C31H43ClN4O4. The maximum Gasteiger partial charge on any atom is 0.410 e. The highest BCUT2D eigenvalue weighted by atomic mass is 35.5. The van der Waals surface area contributed by atoms with Gasteiger partial charge in [0, 0.05) is 49.2 Å². The molecule has 2 N–H and O–H groups in total. The fraction of sp³-hybridized carbons (Fsp3) is 0.548. The SMILES string of the molecule is C\C(=C/C=C\C=C/C(C)Cl)C1CN(C(=O)OC(C)(C)C)CCN1C(=O)c1ccc(N)cc1N1CCC2(COC2)C1. The van der Waals surface area contributed by atoms with Gasteiger partial charge in [0.25, 0.3) is 5.91 Å². The molecule has 8 nitrogen and oxygen atoms in total. The van der Waals surface area contributed by atoms with Crippen LogP contribution in [0, 0.1) is 5.41 Å². The minimum absolute atomic E-state index is 0.0556. The van der Waals surface area contributed by atoms with Crippen molar-refractivity contribution in [3.05, 3.63) is 59.7 Å². The van der Waals surface area contributed by atoms with Gasteiger partial charge in [-0.05, 0) is 64.8 Å². The Morgan fingerprint density at radius 2 is 1.93 bits per heavy atom. The third-order valence-electron chi connectivity index (χ3n) is 7.62. The Morgan fingerprint density at radius 1 is 1.18 bits per heavy atom. The summed E-state index contributed by atoms with van der Waals surface area (Å²) in [5.74, 6) is -0.0674. The molecule has 1 spiro atoms. The number of carbonyl (C=O) groups excluding carboxylic acids is 2. The molecule has 3 fully saturated rings. The third-order valence-corrected chi connectivity index (χ3v) is 7.77. The molecule has 0 aliphatic carbocycles. The van der Waals surface area contributed by atoms with Gasteiger partial charge in [-0.2, -0.15) is 0 Å². The molecule has 0 aromatic heterocycles. The summed E-state index contributed by atoms with van der Waals surface area (Å²) < 4.78 is 11.2. The Balaban J connectivity index is 1.61. The molecule has 4 rings (SSSR count). The third kappa shape index (κ3) is 7.21. The number of hydrogen-bond donors (Lipinski definition) is 1. The van der Waals surface area contributed by atoms with E-state index in [2.05, 4.69) is 4.90 Å². The molecule has 1 aromatic rings. The topological polar surface area (TPSA) is 88.3 Å². The van der Waals surface area contributed by atoms with Crippen molar-refractivity contribution in [2.24, 2.45) is 5.41 Å². The number of benzene rings is 1. The van der Waals surface area contributed by atoms with Gasteiger partial charge >= 0.3 is 6.09 Å². The van der Waals surface area contributed by atoms with Crippen molar-refractivity contribution in [1.82, 2.24) is 9.80 Å². The van der Waals surface area contributed by atoms with Crippen molar-refractivity contribution >= 4 is 35.0 Å². The fourth-order valence-corrected chi connectivity index (χ4v) is 5.50. The fourth-order valence-electron chi connectivity index (χ4n) is 5.42. The average Bonchev–Trinajstić information content (AvgIpc) is 3.33. The number of nitrogens with two attached hydrogens (primary N) is 1. The molecule has 3 aliphatic heterocycles. The highest BCUT2D eigenvalue weighted by Gasteiger charge is 2.45. The second-order valence-electron chi connectivity index (χ2n) is 12.2. The van der Waals surface area contributed by atoms with E-state index >= 15 is 0 Å². The predicted molar refractivity (Wildman–Crippen MR) is 161 cm³/mol. The Labute approximate surface area is 243 Å². The summed E-state index contributed by atoms with van der Waals surface area (Å²) in [7, 11) is 0. The van der Waals surface area contributed by atoms with Crippen molar-refractivity contribution in [2.75, 3.05) is 56.6 Å². The molecule has 2 amide bonds. The van der Waals surface area contributed by atoms with Crippen molar-refractivity contribution in [1.29, 1.82) is 0 Å². The van der Waals surface area contributed by atoms with Crippen molar-refractivity contribution in [2.45, 2.75) is 58.1 Å². The first-order chi connectivity index (χ1) is 18.9. The highest BCUT2D eigenvalue weighted by Crippen LogP contribution is 2.41. The maximum absolute atomic E-state index is 14.2. The minimum Gasteiger partial charge on any atom is -0.444 e. The number of alkyl halides is 1. The Kier molecular flexibility index (Phi) is 9.20. The van der Waals surface area contributed by atoms with Gasteiger partial charge in [0.2, 0.25) is 0 Å². The number of nitrogens with zero attached hydrogens (tertiary/aromatic N) is 3. The number of hydrogen-bond acceptors (Lipinski definition) is 6. The quantitative estimate of drug-likeness (QED) is 0.286. The van der Waals surface area contributed by atoms with Crippen LogP contribution in [0.2, 0.25) is 0 Å². The zero-order chi connectivity index (χ0) is 29.1. The maximum atomic E-state index is 14.2. The zero-order valence-electron chi connectivity index (χ0n) is 24.4. The Hall–Kier alpha value is -2.97. The zero-order valence-corrected chi connectivity index (χ0v) is 25.1. The van der Waals surface area contributed by atoms with E-state index in [0.717, 1.165) is 44.0 Å². The lowest BCUT2D eigenvalue weighted by atomic mass is 9.85. The molecule has 0 saturated carbocycles. The Morgan fingerprint density at radius 3 is 2.55 bits per heavy atom. The number of ether oxygens (including phenoxy) is 2. The number of amides is 2. The molecule has 3 aliphatic rings. The molecule has 0 radical (unpaired) electrons. The summed E-state index contributed by atoms with van der Waals surface area (Å²) in [5.41, 5.74) is 8.86. The van der Waals surface area contributed by atoms with Gasteiger partial charge in [-0.1, -0.05) is 30.4 Å². The summed E-state index contributed by atoms with van der Waals surface area (Å²) in [6, 6.07) is 5.22. The molecule has 218 valence electrons. The van der Waals surface area contributed by atoms with Gasteiger partial charge in [-0.15, -0.1) is 11.6 Å². The van der Waals surface area contributed by atoms with E-state index in [4.69, 9.17) is 26.8 Å². The van der Waals surface area contributed by atoms with Gasteiger partial charge in [-0.25, -0.2) is 4.79 Å². The van der Waals surface area contributed by atoms with Crippen LogP contribution in [0.15, 0.2) is 54.2 Å². The van der Waals surface area contributed by atoms with E-state index in [9.17, 15) is 9.59 Å². The van der Waals surface area contributed by atoms with Crippen LogP contribution >= 0.6 is 11.6 Å². The van der Waals surface area contributed by atoms with Crippen LogP contribution in [0.5, 0.6) is 0 Å². The smallest absolute Gasteiger partial charge is 0.410 e. The molecule has 2 unspecified atom stereocenters. The minimum atomic E-state index is -0.601. The lowest BCUT2D eigenvalue weighted by Gasteiger charge is -2.42. The normalized spacial score (nSPS) is 22.3. The molecular weight excluding hydrogens is 528 g/mol. The largest absolute Gasteiger partial charge is 0.444 e. The van der Waals surface area contributed by atoms with Gasteiger partial charge in [-0.3, -0.25) is 4.79 Å². The van der Waals surface area contributed by atoms with E-state index in [1.54, 1.807) is 11.0 Å². The van der Waals surface area contributed by atoms with Crippen LogP contribution < -0.4 is 10.6 Å². The van der Waals surface area contributed by atoms with Gasteiger partial charge in [0.15, 0.2) is 0 Å². The number of allylic oxidation sites excluding steroid dienone is 5. The number of anilines is 2. The summed E-state index contributed by atoms with van der Waals surface area (Å²) >= 11 is 5.99. The second-order valence-corrected chi connectivity index (χ2v) is 12.9. The summed E-state index contributed by atoms with van der Waals surface area (Å²) in [4.78, 5) is 33.0. The first-order valence-electron chi connectivity index (χ1n) is 14.0. The van der Waals surface area contributed by atoms with Crippen LogP contribution in [-0.2, 0) is 9.47 Å². The van der Waals surface area contributed by atoms with Crippen LogP contribution in [0.25, 0.3) is 0 Å². The molecule has 2 atom stereocenters. The van der Waals surface area contributed by atoms with Gasteiger partial charge in [0.1, 0.15) is 5.60 Å². The number of nitrogen functional groups attached to an aromatic ring is 1.